The fourth-order valence-corrected chi connectivity index (χ4v) is 2.52. The highest BCUT2D eigenvalue weighted by atomic mass is 32.1. The molecule has 1 atom stereocenters. The minimum Gasteiger partial charge on any atom is -0.478 e. The van der Waals surface area contributed by atoms with E-state index in [4.69, 9.17) is 23.1 Å². The highest BCUT2D eigenvalue weighted by Crippen LogP contribution is 2.27. The number of carbonyl (C=O) groups is 1. The molecule has 0 heterocycles. The van der Waals surface area contributed by atoms with E-state index in [1.165, 1.54) is 36.4 Å². The number of ether oxygens (including phenoxy) is 1. The van der Waals surface area contributed by atoms with Crippen LogP contribution in [0.4, 0.5) is 13.2 Å². The predicted octanol–water partition coefficient (Wildman–Crippen LogP) is 3.90. The largest absolute Gasteiger partial charge is 0.573 e. The summed E-state index contributed by atoms with van der Waals surface area (Å²) in [5.74, 6) is -1.76. The van der Waals surface area contributed by atoms with E-state index in [1.54, 1.807) is 12.1 Å². The van der Waals surface area contributed by atoms with Gasteiger partial charge in [0, 0.05) is 5.92 Å². The molecule has 132 valence electrons. The van der Waals surface area contributed by atoms with Gasteiger partial charge in [-0.05, 0) is 41.8 Å². The topological polar surface area (TPSA) is 72.6 Å². The number of benzene rings is 2. The van der Waals surface area contributed by atoms with Crippen LogP contribution in [0.2, 0.25) is 0 Å². The summed E-state index contributed by atoms with van der Waals surface area (Å²) in [6.07, 6.45) is -4.36. The minimum absolute atomic E-state index is 0.157. The summed E-state index contributed by atoms with van der Waals surface area (Å²) in [7, 11) is 0. The Morgan fingerprint density at radius 3 is 2.12 bits per heavy atom. The van der Waals surface area contributed by atoms with E-state index in [9.17, 15) is 18.0 Å². The summed E-state index contributed by atoms with van der Waals surface area (Å²) < 4.78 is 40.4. The molecule has 2 rings (SSSR count). The number of nitrogens with two attached hydrogens (primary N) is 1. The van der Waals surface area contributed by atoms with Crippen molar-refractivity contribution in [1.82, 2.24) is 0 Å². The van der Waals surface area contributed by atoms with E-state index in [1.807, 2.05) is 0 Å². The monoisotopic (exact) mass is 369 g/mol. The number of alkyl halides is 3. The van der Waals surface area contributed by atoms with Crippen LogP contribution in [0.3, 0.4) is 0 Å². The zero-order valence-electron chi connectivity index (χ0n) is 12.8. The molecule has 0 fully saturated rings. The number of carboxylic acid groups (broad SMARTS) is 1. The van der Waals surface area contributed by atoms with Crippen molar-refractivity contribution in [3.05, 3.63) is 65.2 Å². The normalized spacial score (nSPS) is 12.4. The Bertz CT molecular complexity index is 758. The number of thiocarbonyl (C=S) groups is 1. The van der Waals surface area contributed by atoms with Gasteiger partial charge in [0.25, 0.3) is 0 Å². The van der Waals surface area contributed by atoms with E-state index in [-0.39, 0.29) is 16.3 Å². The summed E-state index contributed by atoms with van der Waals surface area (Å²) in [4.78, 5) is 11.0. The second-order valence-corrected chi connectivity index (χ2v) is 5.75. The van der Waals surface area contributed by atoms with Gasteiger partial charge >= 0.3 is 12.3 Å². The van der Waals surface area contributed by atoms with Gasteiger partial charge in [-0.3, -0.25) is 0 Å². The molecular weight excluding hydrogens is 355 g/mol. The summed E-state index contributed by atoms with van der Waals surface area (Å²) in [5.41, 5.74) is 7.36. The molecule has 0 bridgehead atoms. The Labute approximate surface area is 147 Å². The third-order valence-electron chi connectivity index (χ3n) is 3.50. The summed E-state index contributed by atoms with van der Waals surface area (Å²) in [6, 6.07) is 11.6. The molecule has 0 spiro atoms. The maximum Gasteiger partial charge on any atom is 0.573 e. The van der Waals surface area contributed by atoms with Crippen LogP contribution in [-0.2, 0) is 6.42 Å². The maximum atomic E-state index is 12.2. The van der Waals surface area contributed by atoms with Crippen LogP contribution in [0, 0.1) is 0 Å². The first-order valence-electron chi connectivity index (χ1n) is 7.13. The van der Waals surface area contributed by atoms with Gasteiger partial charge in [-0.15, -0.1) is 13.2 Å². The second kappa shape index (κ2) is 7.52. The van der Waals surface area contributed by atoms with Crippen LogP contribution >= 0.6 is 12.2 Å². The summed E-state index contributed by atoms with van der Waals surface area (Å²) in [5, 5.41) is 8.90. The Kier molecular flexibility index (Phi) is 5.63. The lowest BCUT2D eigenvalue weighted by molar-refractivity contribution is -0.274. The van der Waals surface area contributed by atoms with E-state index < -0.39 is 18.2 Å². The summed E-state index contributed by atoms with van der Waals surface area (Å²) >= 11 is 5.06. The smallest absolute Gasteiger partial charge is 0.478 e. The first-order chi connectivity index (χ1) is 11.7. The minimum atomic E-state index is -4.75. The van der Waals surface area contributed by atoms with Crippen molar-refractivity contribution in [1.29, 1.82) is 0 Å². The van der Waals surface area contributed by atoms with Gasteiger partial charge in [-0.2, -0.15) is 0 Å². The lowest BCUT2D eigenvalue weighted by Gasteiger charge is -2.17. The van der Waals surface area contributed by atoms with Gasteiger partial charge in [-0.1, -0.05) is 36.5 Å². The van der Waals surface area contributed by atoms with E-state index in [0.29, 0.717) is 12.0 Å². The molecule has 0 saturated heterocycles. The Balaban J connectivity index is 2.17. The average Bonchev–Trinajstić information content (AvgIpc) is 2.52. The number of halogens is 3. The zero-order chi connectivity index (χ0) is 18.6. The van der Waals surface area contributed by atoms with Gasteiger partial charge in [0.05, 0.1) is 10.6 Å². The second-order valence-electron chi connectivity index (χ2n) is 5.28. The van der Waals surface area contributed by atoms with Crippen LogP contribution in [0.5, 0.6) is 5.75 Å². The van der Waals surface area contributed by atoms with Crippen molar-refractivity contribution in [3.63, 3.8) is 0 Å². The molecule has 0 amide bonds. The molecule has 2 aromatic carbocycles. The van der Waals surface area contributed by atoms with Crippen molar-refractivity contribution in [2.24, 2.45) is 5.73 Å². The lowest BCUT2D eigenvalue weighted by Crippen LogP contribution is -2.21. The third-order valence-corrected chi connectivity index (χ3v) is 3.78. The van der Waals surface area contributed by atoms with Crippen molar-refractivity contribution < 1.29 is 27.8 Å². The number of hydrogen-bond acceptors (Lipinski definition) is 3. The predicted molar refractivity (Wildman–Crippen MR) is 89.8 cm³/mol. The molecule has 0 radical (unpaired) electrons. The fraction of sp³-hybridized carbons (Fsp3) is 0.176. The molecule has 3 N–H and O–H groups in total. The lowest BCUT2D eigenvalue weighted by atomic mass is 9.91. The Morgan fingerprint density at radius 2 is 1.68 bits per heavy atom. The quantitative estimate of drug-likeness (QED) is 0.756. The molecular formula is C17H14F3NO3S. The fourth-order valence-electron chi connectivity index (χ4n) is 2.30. The van der Waals surface area contributed by atoms with Gasteiger partial charge in [0.15, 0.2) is 0 Å². The molecule has 0 aliphatic carbocycles. The van der Waals surface area contributed by atoms with Gasteiger partial charge in [0.1, 0.15) is 5.75 Å². The highest BCUT2D eigenvalue weighted by molar-refractivity contribution is 7.80. The van der Waals surface area contributed by atoms with Crippen LogP contribution in [0.1, 0.15) is 27.4 Å². The first-order valence-corrected chi connectivity index (χ1v) is 7.54. The number of rotatable bonds is 6. The maximum absolute atomic E-state index is 12.2. The number of aromatic carboxylic acids is 1. The van der Waals surface area contributed by atoms with E-state index in [2.05, 4.69) is 4.74 Å². The molecule has 25 heavy (non-hydrogen) atoms. The molecule has 0 saturated carbocycles. The number of hydrogen-bond donors (Lipinski definition) is 2. The molecule has 0 aromatic heterocycles. The standard InChI is InChI=1S/C17H14F3NO3S/c18-17(19,20)24-13-7-5-11(6-8-13)14(15(21)25)9-10-1-3-12(4-2-10)16(22)23/h1-8,14H,9H2,(H2,21,25)(H,22,23). The van der Waals surface area contributed by atoms with Gasteiger partial charge < -0.3 is 15.6 Å². The van der Waals surface area contributed by atoms with Crippen molar-refractivity contribution in [3.8, 4) is 5.75 Å². The summed E-state index contributed by atoms with van der Waals surface area (Å²) in [6.45, 7) is 0. The molecule has 0 aliphatic heterocycles. The molecule has 1 unspecified atom stereocenters. The Hall–Kier alpha value is -2.61. The van der Waals surface area contributed by atoms with E-state index in [0.717, 1.165) is 5.56 Å². The van der Waals surface area contributed by atoms with Crippen molar-refractivity contribution >= 4 is 23.2 Å². The Morgan fingerprint density at radius 1 is 1.12 bits per heavy atom. The van der Waals surface area contributed by atoms with Crippen molar-refractivity contribution in [2.75, 3.05) is 0 Å². The molecule has 2 aromatic rings. The van der Waals surface area contributed by atoms with E-state index >= 15 is 0 Å². The van der Waals surface area contributed by atoms with Gasteiger partial charge in [0.2, 0.25) is 0 Å². The van der Waals surface area contributed by atoms with Crippen LogP contribution in [0.15, 0.2) is 48.5 Å². The number of carboxylic acids is 1. The SMILES string of the molecule is NC(=S)C(Cc1ccc(C(=O)O)cc1)c1ccc(OC(F)(F)F)cc1. The highest BCUT2D eigenvalue weighted by Gasteiger charge is 2.31. The van der Waals surface area contributed by atoms with Crippen LogP contribution in [-0.4, -0.2) is 22.4 Å². The molecule has 8 heteroatoms. The molecule has 4 nitrogen and oxygen atoms in total. The third kappa shape index (κ3) is 5.46. The molecule has 0 aliphatic rings. The van der Waals surface area contributed by atoms with Gasteiger partial charge in [-0.25, -0.2) is 4.79 Å². The van der Waals surface area contributed by atoms with Crippen molar-refractivity contribution in [2.45, 2.75) is 18.7 Å². The first kappa shape index (κ1) is 18.7. The zero-order valence-corrected chi connectivity index (χ0v) is 13.6. The average molecular weight is 369 g/mol. The van der Waals surface area contributed by atoms with Crippen LogP contribution in [0.25, 0.3) is 0 Å². The van der Waals surface area contributed by atoms with Crippen LogP contribution < -0.4 is 10.5 Å².